The molecule has 0 aliphatic carbocycles. The lowest BCUT2D eigenvalue weighted by Gasteiger charge is -2.36. The topological polar surface area (TPSA) is 58.4 Å². The van der Waals surface area contributed by atoms with Gasteiger partial charge in [-0.25, -0.2) is 0 Å². The highest BCUT2D eigenvalue weighted by Gasteiger charge is 2.30. The number of benzene rings is 1. The predicted octanol–water partition coefficient (Wildman–Crippen LogP) is 3.27. The van der Waals surface area contributed by atoms with Gasteiger partial charge in [-0.05, 0) is 52.7 Å². The van der Waals surface area contributed by atoms with Gasteiger partial charge in [0.05, 0.1) is 5.69 Å². The summed E-state index contributed by atoms with van der Waals surface area (Å²) in [6.07, 6.45) is 2.46. The van der Waals surface area contributed by atoms with Crippen LogP contribution in [0.5, 0.6) is 0 Å². The van der Waals surface area contributed by atoms with Crippen LogP contribution in [-0.4, -0.2) is 19.0 Å². The third-order valence-electron chi connectivity index (χ3n) is 4.82. The minimum atomic E-state index is -0.544. The van der Waals surface area contributed by atoms with Crippen LogP contribution in [0.3, 0.4) is 0 Å². The molecule has 0 bridgehead atoms. The quantitative estimate of drug-likeness (QED) is 0.859. The molecule has 0 saturated carbocycles. The van der Waals surface area contributed by atoms with Crippen LogP contribution in [0.25, 0.3) is 0 Å². The van der Waals surface area contributed by atoms with Crippen molar-refractivity contribution in [2.75, 3.05) is 23.3 Å². The monoisotopic (exact) mass is 351 g/mol. The Kier molecular flexibility index (Phi) is 3.97. The van der Waals surface area contributed by atoms with E-state index in [9.17, 15) is 4.79 Å². The summed E-state index contributed by atoms with van der Waals surface area (Å²) in [6.45, 7) is 6.76. The number of nitrogens with one attached hydrogen (secondary N) is 1. The Hall–Kier alpha value is -1.07. The van der Waals surface area contributed by atoms with Crippen molar-refractivity contribution in [1.29, 1.82) is 0 Å². The van der Waals surface area contributed by atoms with Crippen LogP contribution >= 0.6 is 15.9 Å². The van der Waals surface area contributed by atoms with Gasteiger partial charge in [0.25, 0.3) is 0 Å². The maximum atomic E-state index is 11.7. The van der Waals surface area contributed by atoms with E-state index in [-0.39, 0.29) is 5.91 Å². The minimum Gasteiger partial charge on any atom is -0.371 e. The fourth-order valence-electron chi connectivity index (χ4n) is 3.34. The zero-order chi connectivity index (χ0) is 15.1. The fourth-order valence-corrected chi connectivity index (χ4v) is 3.96. The van der Waals surface area contributed by atoms with E-state index in [2.05, 4.69) is 46.1 Å². The summed E-state index contributed by atoms with van der Waals surface area (Å²) in [6, 6.07) is 3.50. The molecule has 1 unspecified atom stereocenters. The normalized spacial score (nSPS) is 22.6. The number of anilines is 2. The Bertz CT molecular complexity index is 565. The Morgan fingerprint density at radius 1 is 1.33 bits per heavy atom. The second-order valence-electron chi connectivity index (χ2n) is 6.43. The number of hydrogen-bond acceptors (Lipinski definition) is 3. The first-order chi connectivity index (χ1) is 9.97. The highest BCUT2D eigenvalue weighted by molar-refractivity contribution is 9.10. The molecule has 114 valence electrons. The molecule has 3 rings (SSSR count). The molecule has 2 aliphatic heterocycles. The number of amides is 1. The summed E-state index contributed by atoms with van der Waals surface area (Å²) in [7, 11) is 0. The number of hydrogen-bond donors (Lipinski definition) is 2. The molecule has 4 nitrogen and oxygen atoms in total. The van der Waals surface area contributed by atoms with Crippen LogP contribution in [0, 0.1) is 11.8 Å². The molecule has 2 heterocycles. The molecule has 2 aliphatic rings. The lowest BCUT2D eigenvalue weighted by atomic mass is 9.86. The molecule has 0 aromatic heterocycles. The van der Waals surface area contributed by atoms with E-state index in [4.69, 9.17) is 5.73 Å². The molecule has 1 aromatic carbocycles. The molecular weight excluding hydrogens is 330 g/mol. The van der Waals surface area contributed by atoms with Gasteiger partial charge in [0.15, 0.2) is 0 Å². The average Bonchev–Trinajstić information content (AvgIpc) is 2.73. The lowest BCUT2D eigenvalue weighted by molar-refractivity contribution is -0.116. The van der Waals surface area contributed by atoms with Gasteiger partial charge in [-0.15, -0.1) is 0 Å². The zero-order valence-corrected chi connectivity index (χ0v) is 14.1. The largest absolute Gasteiger partial charge is 0.371 e. The van der Waals surface area contributed by atoms with Crippen LogP contribution in [0.15, 0.2) is 16.6 Å². The van der Waals surface area contributed by atoms with E-state index in [1.165, 1.54) is 12.8 Å². The maximum Gasteiger partial charge on any atom is 0.245 e. The Balaban J connectivity index is 1.82. The molecule has 3 N–H and O–H groups in total. The number of rotatable bonds is 2. The van der Waals surface area contributed by atoms with Crippen LogP contribution in [-0.2, 0) is 4.79 Å². The van der Waals surface area contributed by atoms with E-state index in [1.54, 1.807) is 0 Å². The molecule has 1 atom stereocenters. The van der Waals surface area contributed by atoms with Gasteiger partial charge in [-0.1, -0.05) is 13.8 Å². The first-order valence-corrected chi connectivity index (χ1v) is 8.41. The minimum absolute atomic E-state index is 0.118. The average molecular weight is 352 g/mol. The van der Waals surface area contributed by atoms with Crippen LogP contribution in [0.2, 0.25) is 0 Å². The predicted molar refractivity (Wildman–Crippen MR) is 89.5 cm³/mol. The molecule has 1 amide bonds. The van der Waals surface area contributed by atoms with E-state index < -0.39 is 6.04 Å². The number of nitrogens with zero attached hydrogens (tertiary/aromatic N) is 1. The third kappa shape index (κ3) is 2.69. The first-order valence-electron chi connectivity index (χ1n) is 7.62. The van der Waals surface area contributed by atoms with E-state index in [1.807, 2.05) is 6.07 Å². The van der Waals surface area contributed by atoms with E-state index >= 15 is 0 Å². The second-order valence-corrected chi connectivity index (χ2v) is 7.28. The van der Waals surface area contributed by atoms with Crippen molar-refractivity contribution >= 4 is 33.2 Å². The van der Waals surface area contributed by atoms with E-state index in [0.29, 0.717) is 0 Å². The lowest BCUT2D eigenvalue weighted by Crippen LogP contribution is -2.35. The van der Waals surface area contributed by atoms with Gasteiger partial charge in [0.1, 0.15) is 6.04 Å². The number of carbonyl (C=O) groups is 1. The van der Waals surface area contributed by atoms with Gasteiger partial charge in [-0.2, -0.15) is 0 Å². The van der Waals surface area contributed by atoms with Crippen molar-refractivity contribution in [1.82, 2.24) is 0 Å². The summed E-state index contributed by atoms with van der Waals surface area (Å²) in [5.74, 6) is 1.46. The molecule has 5 heteroatoms. The van der Waals surface area contributed by atoms with E-state index in [0.717, 1.165) is 46.3 Å². The summed E-state index contributed by atoms with van der Waals surface area (Å²) >= 11 is 3.64. The third-order valence-corrected chi connectivity index (χ3v) is 5.45. The van der Waals surface area contributed by atoms with Gasteiger partial charge < -0.3 is 16.0 Å². The first kappa shape index (κ1) is 14.9. The van der Waals surface area contributed by atoms with Crippen molar-refractivity contribution in [3.8, 4) is 0 Å². The molecule has 21 heavy (non-hydrogen) atoms. The van der Waals surface area contributed by atoms with Crippen molar-refractivity contribution in [2.45, 2.75) is 32.7 Å². The van der Waals surface area contributed by atoms with Crippen molar-refractivity contribution in [3.05, 3.63) is 22.2 Å². The van der Waals surface area contributed by atoms with Gasteiger partial charge in [0, 0.05) is 28.8 Å². The Morgan fingerprint density at radius 2 is 2.00 bits per heavy atom. The summed E-state index contributed by atoms with van der Waals surface area (Å²) in [4.78, 5) is 14.1. The highest BCUT2D eigenvalue weighted by atomic mass is 79.9. The van der Waals surface area contributed by atoms with Gasteiger partial charge in [-0.3, -0.25) is 4.79 Å². The molecule has 0 spiro atoms. The van der Waals surface area contributed by atoms with Gasteiger partial charge in [0.2, 0.25) is 5.91 Å². The number of fused-ring (bicyclic) bond motifs is 1. The fraction of sp³-hybridized carbons (Fsp3) is 0.562. The molecule has 0 radical (unpaired) electrons. The van der Waals surface area contributed by atoms with Gasteiger partial charge >= 0.3 is 0 Å². The number of piperidine rings is 1. The highest BCUT2D eigenvalue weighted by Crippen LogP contribution is 2.39. The Labute approximate surface area is 134 Å². The standard InChI is InChI=1S/C16H22BrN3O/c1-9(2)10-3-5-20(6-4-10)14-8-13-11(7-12(14)17)15(18)16(21)19-13/h7-10,15H,3-6,18H2,1-2H3,(H,19,21). The number of carbonyl (C=O) groups excluding carboxylic acids is 1. The van der Waals surface area contributed by atoms with Crippen molar-refractivity contribution in [3.63, 3.8) is 0 Å². The van der Waals surface area contributed by atoms with Crippen LogP contribution < -0.4 is 16.0 Å². The summed E-state index contributed by atoms with van der Waals surface area (Å²) in [5, 5.41) is 2.87. The molecular formula is C16H22BrN3O. The summed E-state index contributed by atoms with van der Waals surface area (Å²) < 4.78 is 1.02. The zero-order valence-electron chi connectivity index (χ0n) is 12.5. The smallest absolute Gasteiger partial charge is 0.245 e. The SMILES string of the molecule is CC(C)C1CCN(c2cc3c(cc2Br)C(N)C(=O)N3)CC1. The molecule has 1 aromatic rings. The van der Waals surface area contributed by atoms with Crippen molar-refractivity contribution < 1.29 is 4.79 Å². The summed E-state index contributed by atoms with van der Waals surface area (Å²) in [5.41, 5.74) is 8.79. The van der Waals surface area contributed by atoms with Crippen molar-refractivity contribution in [2.24, 2.45) is 17.6 Å². The van der Waals surface area contributed by atoms with Crippen LogP contribution in [0.4, 0.5) is 11.4 Å². The maximum absolute atomic E-state index is 11.7. The second kappa shape index (κ2) is 5.61. The molecule has 1 fully saturated rings. The Morgan fingerprint density at radius 3 is 2.62 bits per heavy atom. The number of halogens is 1. The number of nitrogens with two attached hydrogens (primary N) is 1. The molecule has 1 saturated heterocycles. The van der Waals surface area contributed by atoms with Crippen LogP contribution in [0.1, 0.15) is 38.3 Å².